The molecule has 19 heavy (non-hydrogen) atoms. The van der Waals surface area contributed by atoms with Crippen molar-refractivity contribution in [2.45, 2.75) is 19.8 Å². The summed E-state index contributed by atoms with van der Waals surface area (Å²) in [6, 6.07) is 3.63. The molecule has 0 bridgehead atoms. The average Bonchev–Trinajstić information content (AvgIpc) is 2.91. The Hall–Kier alpha value is -1.91. The van der Waals surface area contributed by atoms with Crippen LogP contribution in [0.4, 0.5) is 5.69 Å². The second-order valence-electron chi connectivity index (χ2n) is 5.54. The highest BCUT2D eigenvalue weighted by molar-refractivity contribution is 5.95. The Kier molecular flexibility index (Phi) is 2.77. The van der Waals surface area contributed by atoms with Gasteiger partial charge >= 0.3 is 0 Å². The van der Waals surface area contributed by atoms with Gasteiger partial charge in [-0.25, -0.2) is 0 Å². The van der Waals surface area contributed by atoms with Crippen LogP contribution in [0, 0.1) is 11.3 Å². The molecule has 1 N–H and O–H groups in total. The van der Waals surface area contributed by atoms with Crippen LogP contribution >= 0.6 is 0 Å². The van der Waals surface area contributed by atoms with Gasteiger partial charge in [-0.2, -0.15) is 0 Å². The third-order valence-corrected chi connectivity index (χ3v) is 4.27. The third-order valence-electron chi connectivity index (χ3n) is 4.27. The molecule has 1 aliphatic heterocycles. The minimum Gasteiger partial charge on any atom is -0.342 e. The minimum atomic E-state index is 0.0389. The van der Waals surface area contributed by atoms with Gasteiger partial charge in [0.15, 0.2) is 0 Å². The van der Waals surface area contributed by atoms with Gasteiger partial charge in [0.1, 0.15) is 0 Å². The maximum atomic E-state index is 12.2. The number of carbonyl (C=O) groups is 2. The van der Waals surface area contributed by atoms with Gasteiger partial charge in [0.05, 0.1) is 11.9 Å². The summed E-state index contributed by atoms with van der Waals surface area (Å²) >= 11 is 0. The van der Waals surface area contributed by atoms with Gasteiger partial charge in [-0.15, -0.1) is 0 Å². The van der Waals surface area contributed by atoms with Crippen LogP contribution in [0.15, 0.2) is 24.5 Å². The SMILES string of the molecule is CC(=O)N1CC[C@@]2(C[C@@H]2C(=O)Nc2cccnc2)C1. The van der Waals surface area contributed by atoms with Crippen LogP contribution in [0.3, 0.4) is 0 Å². The molecule has 0 unspecified atom stereocenters. The molecule has 1 spiro atoms. The van der Waals surface area contributed by atoms with Crippen molar-refractivity contribution >= 4 is 17.5 Å². The molecule has 0 aromatic carbocycles. The predicted molar refractivity (Wildman–Crippen MR) is 70.3 cm³/mol. The summed E-state index contributed by atoms with van der Waals surface area (Å²) in [5, 5.41) is 2.89. The molecular formula is C14H17N3O2. The van der Waals surface area contributed by atoms with Crippen LogP contribution < -0.4 is 5.32 Å². The second kappa shape index (κ2) is 4.33. The number of hydrogen-bond acceptors (Lipinski definition) is 3. The molecule has 2 fully saturated rings. The van der Waals surface area contributed by atoms with E-state index in [0.717, 1.165) is 31.6 Å². The zero-order valence-corrected chi connectivity index (χ0v) is 10.9. The van der Waals surface area contributed by atoms with E-state index in [1.165, 1.54) is 0 Å². The number of carbonyl (C=O) groups excluding carboxylic acids is 2. The summed E-state index contributed by atoms with van der Waals surface area (Å²) in [5.74, 6) is 0.200. The number of amides is 2. The number of aromatic nitrogens is 1. The first-order valence-corrected chi connectivity index (χ1v) is 6.57. The first-order valence-electron chi connectivity index (χ1n) is 6.57. The average molecular weight is 259 g/mol. The number of rotatable bonds is 2. The van der Waals surface area contributed by atoms with E-state index in [2.05, 4.69) is 10.3 Å². The van der Waals surface area contributed by atoms with Crippen molar-refractivity contribution in [2.75, 3.05) is 18.4 Å². The first kappa shape index (κ1) is 12.1. The van der Waals surface area contributed by atoms with Crippen molar-refractivity contribution in [3.05, 3.63) is 24.5 Å². The van der Waals surface area contributed by atoms with E-state index >= 15 is 0 Å². The number of likely N-dealkylation sites (tertiary alicyclic amines) is 1. The summed E-state index contributed by atoms with van der Waals surface area (Å²) in [7, 11) is 0. The molecule has 2 aliphatic rings. The van der Waals surface area contributed by atoms with Crippen molar-refractivity contribution in [2.24, 2.45) is 11.3 Å². The van der Waals surface area contributed by atoms with Crippen LogP contribution in [-0.2, 0) is 9.59 Å². The van der Waals surface area contributed by atoms with E-state index in [9.17, 15) is 9.59 Å². The fraction of sp³-hybridized carbons (Fsp3) is 0.500. The number of hydrogen-bond donors (Lipinski definition) is 1. The summed E-state index contributed by atoms with van der Waals surface area (Å²) in [6.45, 7) is 3.10. The highest BCUT2D eigenvalue weighted by atomic mass is 16.2. The maximum Gasteiger partial charge on any atom is 0.228 e. The molecule has 5 heteroatoms. The normalized spacial score (nSPS) is 28.5. The Bertz CT molecular complexity index is 517. The Labute approximate surface area is 112 Å². The number of nitrogens with zero attached hydrogens (tertiary/aromatic N) is 2. The summed E-state index contributed by atoms with van der Waals surface area (Å²) in [5.41, 5.74) is 0.772. The Balaban J connectivity index is 1.61. The van der Waals surface area contributed by atoms with Gasteiger partial charge in [0.2, 0.25) is 11.8 Å². The lowest BCUT2D eigenvalue weighted by Crippen LogP contribution is -2.27. The molecule has 2 amide bonds. The Morgan fingerprint density at radius 1 is 1.53 bits per heavy atom. The second-order valence-corrected chi connectivity index (χ2v) is 5.54. The number of pyridine rings is 1. The molecule has 5 nitrogen and oxygen atoms in total. The monoisotopic (exact) mass is 259 g/mol. The molecule has 1 saturated carbocycles. The van der Waals surface area contributed by atoms with Gasteiger partial charge in [-0.3, -0.25) is 14.6 Å². The van der Waals surface area contributed by atoms with Gasteiger partial charge in [0.25, 0.3) is 0 Å². The fourth-order valence-corrected chi connectivity index (χ4v) is 3.00. The van der Waals surface area contributed by atoms with Gasteiger partial charge in [-0.05, 0) is 25.0 Å². The standard InChI is InChI=1S/C14H17N3O2/c1-10(18)17-6-4-14(9-17)7-12(14)13(19)16-11-3-2-5-15-8-11/h2-3,5,8,12H,4,6-7,9H2,1H3,(H,16,19)/t12-,14-/m1/s1. The van der Waals surface area contributed by atoms with Crippen molar-refractivity contribution in [3.63, 3.8) is 0 Å². The molecule has 1 aromatic heterocycles. The minimum absolute atomic E-state index is 0.0389. The Morgan fingerprint density at radius 2 is 2.37 bits per heavy atom. The van der Waals surface area contributed by atoms with E-state index in [-0.39, 0.29) is 23.1 Å². The van der Waals surface area contributed by atoms with Crippen molar-refractivity contribution in [1.82, 2.24) is 9.88 Å². The van der Waals surface area contributed by atoms with E-state index in [0.29, 0.717) is 0 Å². The molecule has 0 radical (unpaired) electrons. The van der Waals surface area contributed by atoms with E-state index in [4.69, 9.17) is 0 Å². The van der Waals surface area contributed by atoms with Gasteiger partial charge in [-0.1, -0.05) is 0 Å². The molecule has 2 heterocycles. The highest BCUT2D eigenvalue weighted by Gasteiger charge is 2.61. The summed E-state index contributed by atoms with van der Waals surface area (Å²) in [6.07, 6.45) is 5.15. The topological polar surface area (TPSA) is 62.3 Å². The van der Waals surface area contributed by atoms with Crippen LogP contribution in [-0.4, -0.2) is 34.8 Å². The lowest BCUT2D eigenvalue weighted by atomic mass is 10.0. The lowest BCUT2D eigenvalue weighted by molar-refractivity contribution is -0.128. The molecule has 1 aliphatic carbocycles. The number of nitrogens with one attached hydrogen (secondary N) is 1. The highest BCUT2D eigenvalue weighted by Crippen LogP contribution is 2.58. The third kappa shape index (κ3) is 2.20. The van der Waals surface area contributed by atoms with Gasteiger partial charge in [0, 0.05) is 37.5 Å². The molecule has 2 atom stereocenters. The molecule has 1 aromatic rings. The molecule has 100 valence electrons. The molecular weight excluding hydrogens is 242 g/mol. The smallest absolute Gasteiger partial charge is 0.228 e. The van der Waals surface area contributed by atoms with Crippen molar-refractivity contribution < 1.29 is 9.59 Å². The summed E-state index contributed by atoms with van der Waals surface area (Å²) in [4.78, 5) is 29.3. The van der Waals surface area contributed by atoms with Crippen molar-refractivity contribution in [3.8, 4) is 0 Å². The Morgan fingerprint density at radius 3 is 3.00 bits per heavy atom. The largest absolute Gasteiger partial charge is 0.342 e. The van der Waals surface area contributed by atoms with Crippen LogP contribution in [0.25, 0.3) is 0 Å². The zero-order chi connectivity index (χ0) is 13.5. The van der Waals surface area contributed by atoms with Gasteiger partial charge < -0.3 is 10.2 Å². The van der Waals surface area contributed by atoms with Crippen LogP contribution in [0.5, 0.6) is 0 Å². The quantitative estimate of drug-likeness (QED) is 0.870. The van der Waals surface area contributed by atoms with E-state index in [1.807, 2.05) is 11.0 Å². The fourth-order valence-electron chi connectivity index (χ4n) is 3.00. The van der Waals surface area contributed by atoms with E-state index in [1.54, 1.807) is 25.4 Å². The number of anilines is 1. The lowest BCUT2D eigenvalue weighted by Gasteiger charge is -2.13. The van der Waals surface area contributed by atoms with E-state index < -0.39 is 0 Å². The maximum absolute atomic E-state index is 12.2. The predicted octanol–water partition coefficient (Wildman–Crippen LogP) is 1.28. The summed E-state index contributed by atoms with van der Waals surface area (Å²) < 4.78 is 0. The first-order chi connectivity index (χ1) is 9.11. The molecule has 1 saturated heterocycles. The zero-order valence-electron chi connectivity index (χ0n) is 10.9. The van der Waals surface area contributed by atoms with Crippen LogP contribution in [0.1, 0.15) is 19.8 Å². The van der Waals surface area contributed by atoms with Crippen LogP contribution in [0.2, 0.25) is 0 Å². The molecule has 3 rings (SSSR count). The van der Waals surface area contributed by atoms with Crippen molar-refractivity contribution in [1.29, 1.82) is 0 Å².